The summed E-state index contributed by atoms with van der Waals surface area (Å²) in [5, 5.41) is 7.66. The van der Waals surface area contributed by atoms with Crippen LogP contribution in [0.4, 0.5) is 15.8 Å². The molecule has 2 fully saturated rings. The molecular formula is C26H25FN4O4. The number of nitrogens with one attached hydrogen (secondary N) is 1. The van der Waals surface area contributed by atoms with Crippen LogP contribution in [0.1, 0.15) is 12.0 Å². The van der Waals surface area contributed by atoms with E-state index in [-0.39, 0.29) is 47.8 Å². The van der Waals surface area contributed by atoms with Gasteiger partial charge in [-0.05, 0) is 42.5 Å². The van der Waals surface area contributed by atoms with Gasteiger partial charge in [-0.2, -0.15) is 10.1 Å². The van der Waals surface area contributed by atoms with Gasteiger partial charge in [0.05, 0.1) is 23.7 Å². The number of hydrogen-bond donors (Lipinski definition) is 1. The fourth-order valence-electron chi connectivity index (χ4n) is 5.05. The smallest absolute Gasteiger partial charge is 0.262 e. The Morgan fingerprint density at radius 2 is 1.83 bits per heavy atom. The number of carbonyl (C=O) groups excluding carboxylic acids is 3. The second kappa shape index (κ2) is 8.98. The largest absolute Gasteiger partial charge is 0.483 e. The average Bonchev–Trinajstić information content (AvgIpc) is 3.52. The first-order valence-electron chi connectivity index (χ1n) is 11.4. The summed E-state index contributed by atoms with van der Waals surface area (Å²) in [7, 11) is 3.72. The summed E-state index contributed by atoms with van der Waals surface area (Å²) in [6.07, 6.45) is 6.31. The van der Waals surface area contributed by atoms with E-state index >= 15 is 0 Å². The van der Waals surface area contributed by atoms with E-state index in [0.717, 1.165) is 17.1 Å². The molecule has 1 saturated carbocycles. The van der Waals surface area contributed by atoms with Crippen LogP contribution in [0.25, 0.3) is 0 Å². The Morgan fingerprint density at radius 3 is 2.49 bits per heavy atom. The molecule has 9 heteroatoms. The number of benzene rings is 2. The van der Waals surface area contributed by atoms with Gasteiger partial charge in [0.1, 0.15) is 11.6 Å². The number of imide groups is 1. The fraction of sp³-hybridized carbons (Fsp3) is 0.308. The van der Waals surface area contributed by atoms with E-state index in [2.05, 4.69) is 10.4 Å². The maximum absolute atomic E-state index is 13.8. The zero-order chi connectivity index (χ0) is 24.7. The number of fused-ring (bicyclic) bond motifs is 5. The highest BCUT2D eigenvalue weighted by Crippen LogP contribution is 2.52. The molecule has 5 rings (SSSR count). The summed E-state index contributed by atoms with van der Waals surface area (Å²) < 4.78 is 19.6. The number of amides is 3. The molecule has 1 heterocycles. The molecule has 3 aliphatic rings. The van der Waals surface area contributed by atoms with Crippen LogP contribution in [0.2, 0.25) is 0 Å². The third kappa shape index (κ3) is 4.18. The molecule has 8 nitrogen and oxygen atoms in total. The molecule has 180 valence electrons. The third-order valence-corrected chi connectivity index (χ3v) is 6.78. The van der Waals surface area contributed by atoms with Crippen LogP contribution in [0.15, 0.2) is 59.7 Å². The highest BCUT2D eigenvalue weighted by molar-refractivity contribution is 6.07. The maximum Gasteiger partial charge on any atom is 0.262 e. The van der Waals surface area contributed by atoms with Crippen molar-refractivity contribution in [1.29, 1.82) is 0 Å². The van der Waals surface area contributed by atoms with Crippen molar-refractivity contribution in [2.75, 3.05) is 30.9 Å². The molecule has 4 atom stereocenters. The van der Waals surface area contributed by atoms with E-state index in [1.54, 1.807) is 18.2 Å². The second-order valence-corrected chi connectivity index (χ2v) is 9.17. The summed E-state index contributed by atoms with van der Waals surface area (Å²) in [5.74, 6) is -1.74. The van der Waals surface area contributed by atoms with E-state index in [1.165, 1.54) is 24.4 Å². The summed E-state index contributed by atoms with van der Waals surface area (Å²) in [4.78, 5) is 40.0. The normalized spacial score (nSPS) is 24.4. The zero-order valence-corrected chi connectivity index (χ0v) is 19.3. The Hall–Kier alpha value is -4.01. The molecule has 0 radical (unpaired) electrons. The van der Waals surface area contributed by atoms with E-state index in [0.29, 0.717) is 11.3 Å². The molecule has 2 aliphatic carbocycles. The van der Waals surface area contributed by atoms with Gasteiger partial charge in [0.15, 0.2) is 6.61 Å². The molecule has 1 saturated heterocycles. The van der Waals surface area contributed by atoms with Crippen molar-refractivity contribution < 1.29 is 23.5 Å². The number of halogens is 1. The number of nitrogens with zero attached hydrogens (tertiary/aromatic N) is 3. The summed E-state index contributed by atoms with van der Waals surface area (Å²) in [6, 6.07) is 11.2. The van der Waals surface area contributed by atoms with Gasteiger partial charge < -0.3 is 15.0 Å². The molecule has 1 aliphatic heterocycles. The van der Waals surface area contributed by atoms with E-state index in [1.807, 2.05) is 37.2 Å². The average molecular weight is 477 g/mol. The van der Waals surface area contributed by atoms with Gasteiger partial charge in [-0.1, -0.05) is 24.3 Å². The number of rotatable bonds is 7. The van der Waals surface area contributed by atoms with Crippen LogP contribution >= 0.6 is 0 Å². The zero-order valence-electron chi connectivity index (χ0n) is 19.3. The lowest BCUT2D eigenvalue weighted by Gasteiger charge is -2.16. The van der Waals surface area contributed by atoms with Crippen molar-refractivity contribution in [2.24, 2.45) is 28.8 Å². The van der Waals surface area contributed by atoms with Crippen molar-refractivity contribution in [3.05, 3.63) is 66.0 Å². The Labute approximate surface area is 202 Å². The van der Waals surface area contributed by atoms with Crippen LogP contribution in [-0.4, -0.2) is 49.6 Å². The van der Waals surface area contributed by atoms with Crippen LogP contribution in [0.5, 0.6) is 5.75 Å². The van der Waals surface area contributed by atoms with Crippen molar-refractivity contribution in [1.82, 2.24) is 5.01 Å². The number of hydrogen-bond acceptors (Lipinski definition) is 6. The summed E-state index contributed by atoms with van der Waals surface area (Å²) in [6.45, 7) is -0.368. The number of hydrazone groups is 1. The molecular weight excluding hydrogens is 451 g/mol. The first-order valence-corrected chi connectivity index (χ1v) is 11.4. The van der Waals surface area contributed by atoms with E-state index in [9.17, 15) is 18.8 Å². The lowest BCUT2D eigenvalue weighted by molar-refractivity contribution is -0.140. The van der Waals surface area contributed by atoms with Gasteiger partial charge in [0.25, 0.3) is 17.7 Å². The Balaban J connectivity index is 1.32. The lowest BCUT2D eigenvalue weighted by atomic mass is 9.85. The van der Waals surface area contributed by atoms with Gasteiger partial charge in [-0.3, -0.25) is 14.4 Å². The van der Waals surface area contributed by atoms with Gasteiger partial charge in [0, 0.05) is 31.4 Å². The van der Waals surface area contributed by atoms with Crippen molar-refractivity contribution in [2.45, 2.75) is 6.42 Å². The standard InChI is InChI=1S/C26H25FN4O4/c1-30(2)18-10-9-17(21(12-18)35-14-22(32)29-20-6-4-3-5-19(20)27)13-28-31-25(33)23-15-7-8-16(11-15)24(23)26(31)34/h3-10,12-13,15-16,23-24H,11,14H2,1-2H3,(H,29,32). The van der Waals surface area contributed by atoms with Gasteiger partial charge in [0.2, 0.25) is 0 Å². The Bertz CT molecular complexity index is 1230. The topological polar surface area (TPSA) is 91.3 Å². The quantitative estimate of drug-likeness (QED) is 0.377. The second-order valence-electron chi connectivity index (χ2n) is 9.17. The van der Waals surface area contributed by atoms with Crippen molar-refractivity contribution >= 4 is 35.3 Å². The van der Waals surface area contributed by atoms with Crippen molar-refractivity contribution in [3.63, 3.8) is 0 Å². The molecule has 0 spiro atoms. The molecule has 3 amide bonds. The predicted molar refractivity (Wildman–Crippen MR) is 128 cm³/mol. The Kier molecular flexibility index (Phi) is 5.84. The first kappa shape index (κ1) is 22.8. The monoisotopic (exact) mass is 476 g/mol. The van der Waals surface area contributed by atoms with Gasteiger partial charge in [-0.25, -0.2) is 4.39 Å². The minimum Gasteiger partial charge on any atom is -0.483 e. The Morgan fingerprint density at radius 1 is 1.14 bits per heavy atom. The van der Waals surface area contributed by atoms with Crippen LogP contribution in [0.3, 0.4) is 0 Å². The molecule has 2 bridgehead atoms. The maximum atomic E-state index is 13.8. The van der Waals surface area contributed by atoms with Crippen LogP contribution < -0.4 is 15.0 Å². The van der Waals surface area contributed by atoms with Gasteiger partial charge in [-0.15, -0.1) is 0 Å². The molecule has 4 unspecified atom stereocenters. The number of carbonyl (C=O) groups is 3. The number of anilines is 2. The first-order chi connectivity index (χ1) is 16.8. The number of allylic oxidation sites excluding steroid dienone is 2. The third-order valence-electron chi connectivity index (χ3n) is 6.78. The lowest BCUT2D eigenvalue weighted by Crippen LogP contribution is -2.28. The fourth-order valence-corrected chi connectivity index (χ4v) is 5.05. The van der Waals surface area contributed by atoms with Crippen LogP contribution in [-0.2, 0) is 14.4 Å². The number of para-hydroxylation sites is 1. The SMILES string of the molecule is CN(C)c1ccc(C=NN2C(=O)C3C4C=CC(C4)C3C2=O)c(OCC(=O)Nc2ccccc2F)c1. The van der Waals surface area contributed by atoms with Crippen molar-refractivity contribution in [3.8, 4) is 5.75 Å². The van der Waals surface area contributed by atoms with Crippen LogP contribution in [0, 0.1) is 29.5 Å². The summed E-state index contributed by atoms with van der Waals surface area (Å²) >= 11 is 0. The van der Waals surface area contributed by atoms with E-state index in [4.69, 9.17) is 4.74 Å². The molecule has 0 aromatic heterocycles. The van der Waals surface area contributed by atoms with Gasteiger partial charge >= 0.3 is 0 Å². The predicted octanol–water partition coefficient (Wildman–Crippen LogP) is 3.05. The van der Waals surface area contributed by atoms with E-state index < -0.39 is 11.7 Å². The minimum atomic E-state index is -0.545. The molecule has 2 aromatic carbocycles. The molecule has 2 aromatic rings. The highest BCUT2D eigenvalue weighted by atomic mass is 19.1. The summed E-state index contributed by atoms with van der Waals surface area (Å²) in [5.41, 5.74) is 1.37. The molecule has 35 heavy (non-hydrogen) atoms. The molecule has 1 N–H and O–H groups in total. The minimum absolute atomic E-state index is 0.0602. The number of ether oxygens (including phenoxy) is 1. The highest BCUT2D eigenvalue weighted by Gasteiger charge is 2.59.